The summed E-state index contributed by atoms with van der Waals surface area (Å²) < 4.78 is 5.57. The van der Waals surface area contributed by atoms with Gasteiger partial charge in [0.15, 0.2) is 0 Å². The number of hydrogen-bond acceptors (Lipinski definition) is 4. The van der Waals surface area contributed by atoms with E-state index in [2.05, 4.69) is 28.6 Å². The molecule has 3 heterocycles. The summed E-state index contributed by atoms with van der Waals surface area (Å²) in [6.07, 6.45) is 7.92. The van der Waals surface area contributed by atoms with Crippen molar-refractivity contribution in [1.82, 2.24) is 15.6 Å². The van der Waals surface area contributed by atoms with Gasteiger partial charge in [0.2, 0.25) is 0 Å². The predicted octanol–water partition coefficient (Wildman–Crippen LogP) is 2.94. The fourth-order valence-corrected chi connectivity index (χ4v) is 3.78. The SMILES string of the molecule is CC(NC(=O)c1cncc(-c2ccc3c(c2)CCO3)c1)C1CCCCN1. The van der Waals surface area contributed by atoms with E-state index in [0.717, 1.165) is 42.9 Å². The quantitative estimate of drug-likeness (QED) is 0.889. The maximum absolute atomic E-state index is 12.7. The molecule has 4 rings (SSSR count). The zero-order valence-electron chi connectivity index (χ0n) is 15.1. The third-order valence-corrected chi connectivity index (χ3v) is 5.33. The lowest BCUT2D eigenvalue weighted by molar-refractivity contribution is 0.0927. The number of rotatable bonds is 4. The number of pyridine rings is 1. The van der Waals surface area contributed by atoms with Gasteiger partial charge < -0.3 is 15.4 Å². The van der Waals surface area contributed by atoms with E-state index in [1.54, 1.807) is 12.4 Å². The molecule has 2 N–H and O–H groups in total. The highest BCUT2D eigenvalue weighted by Crippen LogP contribution is 2.30. The van der Waals surface area contributed by atoms with Crippen molar-refractivity contribution >= 4 is 5.91 Å². The fourth-order valence-electron chi connectivity index (χ4n) is 3.78. The van der Waals surface area contributed by atoms with Gasteiger partial charge in [0.1, 0.15) is 5.75 Å². The normalized spacial score (nSPS) is 20.1. The van der Waals surface area contributed by atoms with Crippen LogP contribution in [0.15, 0.2) is 36.7 Å². The molecule has 0 saturated carbocycles. The number of ether oxygens (including phenoxy) is 1. The molecule has 5 heteroatoms. The van der Waals surface area contributed by atoms with E-state index in [1.165, 1.54) is 18.4 Å². The Balaban J connectivity index is 1.49. The number of benzene rings is 1. The molecule has 2 aliphatic heterocycles. The summed E-state index contributed by atoms with van der Waals surface area (Å²) in [6.45, 7) is 3.84. The maximum atomic E-state index is 12.7. The van der Waals surface area contributed by atoms with Crippen LogP contribution < -0.4 is 15.4 Å². The number of carbonyl (C=O) groups excluding carboxylic acids is 1. The van der Waals surface area contributed by atoms with Gasteiger partial charge in [0.25, 0.3) is 5.91 Å². The lowest BCUT2D eigenvalue weighted by atomic mass is 9.98. The van der Waals surface area contributed by atoms with Crippen LogP contribution in [0.4, 0.5) is 0 Å². The smallest absolute Gasteiger partial charge is 0.253 e. The molecule has 5 nitrogen and oxygen atoms in total. The summed E-state index contributed by atoms with van der Waals surface area (Å²) in [5.41, 5.74) is 3.84. The van der Waals surface area contributed by atoms with E-state index < -0.39 is 0 Å². The second kappa shape index (κ2) is 7.46. The monoisotopic (exact) mass is 351 g/mol. The minimum Gasteiger partial charge on any atom is -0.493 e. The van der Waals surface area contributed by atoms with Gasteiger partial charge in [-0.1, -0.05) is 12.5 Å². The highest BCUT2D eigenvalue weighted by molar-refractivity contribution is 5.95. The number of piperidine rings is 1. The number of amides is 1. The van der Waals surface area contributed by atoms with Crippen LogP contribution >= 0.6 is 0 Å². The number of nitrogens with zero attached hydrogens (tertiary/aromatic N) is 1. The molecule has 0 aliphatic carbocycles. The zero-order chi connectivity index (χ0) is 17.9. The van der Waals surface area contributed by atoms with Gasteiger partial charge in [-0.3, -0.25) is 9.78 Å². The van der Waals surface area contributed by atoms with E-state index in [4.69, 9.17) is 4.74 Å². The first-order valence-corrected chi connectivity index (χ1v) is 9.46. The van der Waals surface area contributed by atoms with Crippen molar-refractivity contribution in [3.63, 3.8) is 0 Å². The number of nitrogens with one attached hydrogen (secondary N) is 2. The van der Waals surface area contributed by atoms with E-state index in [1.807, 2.05) is 18.2 Å². The van der Waals surface area contributed by atoms with Crippen LogP contribution in [-0.2, 0) is 6.42 Å². The Morgan fingerprint density at radius 1 is 1.27 bits per heavy atom. The zero-order valence-corrected chi connectivity index (χ0v) is 15.1. The Morgan fingerprint density at radius 3 is 3.04 bits per heavy atom. The Bertz CT molecular complexity index is 800. The second-order valence-corrected chi connectivity index (χ2v) is 7.20. The molecular formula is C21H25N3O2. The van der Waals surface area contributed by atoms with Crippen LogP contribution in [0, 0.1) is 0 Å². The Labute approximate surface area is 154 Å². The van der Waals surface area contributed by atoms with Gasteiger partial charge in [0, 0.05) is 36.5 Å². The first kappa shape index (κ1) is 17.0. The van der Waals surface area contributed by atoms with Gasteiger partial charge in [-0.15, -0.1) is 0 Å². The molecule has 2 aromatic rings. The largest absolute Gasteiger partial charge is 0.493 e. The minimum atomic E-state index is -0.0660. The Morgan fingerprint density at radius 2 is 2.19 bits per heavy atom. The van der Waals surface area contributed by atoms with Crippen LogP contribution in [0.2, 0.25) is 0 Å². The first-order chi connectivity index (χ1) is 12.7. The standard InChI is InChI=1S/C21H25N3O2/c1-14(19-4-2-3-8-23-19)24-21(25)18-11-17(12-22-13-18)15-5-6-20-16(10-15)7-9-26-20/h5-6,10-14,19,23H,2-4,7-9H2,1H3,(H,24,25). The van der Waals surface area contributed by atoms with Crippen LogP contribution in [0.1, 0.15) is 42.1 Å². The van der Waals surface area contributed by atoms with E-state index in [9.17, 15) is 4.79 Å². The molecule has 1 saturated heterocycles. The van der Waals surface area contributed by atoms with E-state index in [-0.39, 0.29) is 11.9 Å². The molecule has 2 atom stereocenters. The molecule has 1 aromatic carbocycles. The number of carbonyl (C=O) groups is 1. The molecule has 136 valence electrons. The topological polar surface area (TPSA) is 63.2 Å². The van der Waals surface area contributed by atoms with Crippen molar-refractivity contribution in [2.75, 3.05) is 13.2 Å². The number of hydrogen-bond donors (Lipinski definition) is 2. The molecule has 2 unspecified atom stereocenters. The molecule has 1 fully saturated rings. The number of fused-ring (bicyclic) bond motifs is 1. The summed E-state index contributed by atoms with van der Waals surface area (Å²) in [5, 5.41) is 6.62. The van der Waals surface area contributed by atoms with Crippen molar-refractivity contribution in [3.8, 4) is 16.9 Å². The lowest BCUT2D eigenvalue weighted by Crippen LogP contribution is -2.50. The molecule has 0 radical (unpaired) electrons. The minimum absolute atomic E-state index is 0.0660. The molecule has 0 spiro atoms. The highest BCUT2D eigenvalue weighted by Gasteiger charge is 2.21. The van der Waals surface area contributed by atoms with Gasteiger partial charge in [0.05, 0.1) is 12.2 Å². The van der Waals surface area contributed by atoms with Crippen molar-refractivity contribution in [2.45, 2.75) is 44.7 Å². The van der Waals surface area contributed by atoms with Gasteiger partial charge in [-0.05, 0) is 55.6 Å². The van der Waals surface area contributed by atoms with Gasteiger partial charge in [-0.2, -0.15) is 0 Å². The molecular weight excluding hydrogens is 326 g/mol. The van der Waals surface area contributed by atoms with Crippen molar-refractivity contribution in [3.05, 3.63) is 47.8 Å². The molecule has 1 amide bonds. The first-order valence-electron chi connectivity index (χ1n) is 9.46. The third-order valence-electron chi connectivity index (χ3n) is 5.33. The van der Waals surface area contributed by atoms with Gasteiger partial charge >= 0.3 is 0 Å². The number of aromatic nitrogens is 1. The fraction of sp³-hybridized carbons (Fsp3) is 0.429. The lowest BCUT2D eigenvalue weighted by Gasteiger charge is -2.29. The van der Waals surface area contributed by atoms with E-state index >= 15 is 0 Å². The van der Waals surface area contributed by atoms with Crippen LogP contribution in [0.5, 0.6) is 5.75 Å². The molecule has 1 aromatic heterocycles. The highest BCUT2D eigenvalue weighted by atomic mass is 16.5. The summed E-state index contributed by atoms with van der Waals surface area (Å²) in [6, 6.07) is 8.53. The summed E-state index contributed by atoms with van der Waals surface area (Å²) >= 11 is 0. The predicted molar refractivity (Wildman–Crippen MR) is 101 cm³/mol. The van der Waals surface area contributed by atoms with Crippen LogP contribution in [0.3, 0.4) is 0 Å². The summed E-state index contributed by atoms with van der Waals surface area (Å²) in [4.78, 5) is 17.0. The molecule has 26 heavy (non-hydrogen) atoms. The van der Waals surface area contributed by atoms with Crippen LogP contribution in [-0.4, -0.2) is 36.1 Å². The maximum Gasteiger partial charge on any atom is 0.253 e. The van der Waals surface area contributed by atoms with Gasteiger partial charge in [-0.25, -0.2) is 0 Å². The molecule has 2 aliphatic rings. The third kappa shape index (κ3) is 3.58. The Hall–Kier alpha value is -2.40. The van der Waals surface area contributed by atoms with Crippen molar-refractivity contribution in [2.24, 2.45) is 0 Å². The average molecular weight is 351 g/mol. The van der Waals surface area contributed by atoms with E-state index in [0.29, 0.717) is 11.6 Å². The average Bonchev–Trinajstić information content (AvgIpc) is 3.16. The van der Waals surface area contributed by atoms with Crippen LogP contribution in [0.25, 0.3) is 11.1 Å². The summed E-state index contributed by atoms with van der Waals surface area (Å²) in [7, 11) is 0. The molecule has 0 bridgehead atoms. The summed E-state index contributed by atoms with van der Waals surface area (Å²) in [5.74, 6) is 0.896. The second-order valence-electron chi connectivity index (χ2n) is 7.20. The van der Waals surface area contributed by atoms with Crippen molar-refractivity contribution < 1.29 is 9.53 Å². The van der Waals surface area contributed by atoms with Crippen molar-refractivity contribution in [1.29, 1.82) is 0 Å². The Kier molecular flexibility index (Phi) is 4.89.